The van der Waals surface area contributed by atoms with E-state index >= 15 is 0 Å². The van der Waals surface area contributed by atoms with E-state index in [1.165, 1.54) is 0 Å². The van der Waals surface area contributed by atoms with Crippen molar-refractivity contribution in [2.75, 3.05) is 23.7 Å². The van der Waals surface area contributed by atoms with E-state index in [0.717, 1.165) is 12.1 Å². The summed E-state index contributed by atoms with van der Waals surface area (Å²) in [5.74, 6) is -0.896. The number of nitriles is 1. The number of benzene rings is 1. The summed E-state index contributed by atoms with van der Waals surface area (Å²) in [6, 6.07) is 9.46. The number of nitrogens with zero attached hydrogens (tertiary/aromatic N) is 2. The lowest BCUT2D eigenvalue weighted by molar-refractivity contribution is -0.135. The van der Waals surface area contributed by atoms with Gasteiger partial charge in [-0.05, 0) is 38.8 Å². The number of nitrogen functional groups attached to an aromatic ring is 1. The number of anilines is 2. The van der Waals surface area contributed by atoms with Crippen molar-refractivity contribution in [3.63, 3.8) is 0 Å². The molecule has 0 saturated carbocycles. The quantitative estimate of drug-likeness (QED) is 0.746. The minimum absolute atomic E-state index is 0.0960. The number of rotatable bonds is 7. The third-order valence-electron chi connectivity index (χ3n) is 3.14. The van der Waals surface area contributed by atoms with Crippen LogP contribution >= 0.6 is 0 Å². The maximum atomic E-state index is 11.0. The number of nitrogens with two attached hydrogens (primary N) is 1. The maximum Gasteiger partial charge on any atom is 0.323 e. The first-order valence-corrected chi connectivity index (χ1v) is 6.58. The number of para-hydroxylation sites is 2. The van der Waals surface area contributed by atoms with E-state index in [1.54, 1.807) is 11.0 Å². The smallest absolute Gasteiger partial charge is 0.323 e. The number of hydrogen-bond donors (Lipinski definition) is 2. The van der Waals surface area contributed by atoms with Gasteiger partial charge in [0.05, 0.1) is 22.9 Å². The van der Waals surface area contributed by atoms with Crippen molar-refractivity contribution in [3.05, 3.63) is 24.3 Å². The van der Waals surface area contributed by atoms with Gasteiger partial charge in [0.1, 0.15) is 6.54 Å². The molecule has 0 bridgehead atoms. The van der Waals surface area contributed by atoms with E-state index in [2.05, 4.69) is 6.07 Å². The van der Waals surface area contributed by atoms with Crippen molar-refractivity contribution in [2.24, 2.45) is 5.41 Å². The van der Waals surface area contributed by atoms with Gasteiger partial charge < -0.3 is 15.7 Å². The Morgan fingerprint density at radius 3 is 2.65 bits per heavy atom. The standard InChI is InChI=1S/C15H21N3O2/c1-15(2,11-16)8-5-9-18(10-14(19)20)13-7-4-3-6-12(13)17/h3-4,6-7H,5,8-10,17H2,1-2H3,(H,19,20). The van der Waals surface area contributed by atoms with E-state index in [0.29, 0.717) is 18.7 Å². The number of carboxylic acids is 1. The SMILES string of the molecule is CC(C)(C#N)CCCN(CC(=O)O)c1ccccc1N. The van der Waals surface area contributed by atoms with E-state index in [1.807, 2.05) is 32.0 Å². The van der Waals surface area contributed by atoms with E-state index in [9.17, 15) is 4.79 Å². The van der Waals surface area contributed by atoms with Gasteiger partial charge in [-0.3, -0.25) is 4.79 Å². The molecule has 3 N–H and O–H groups in total. The van der Waals surface area contributed by atoms with Crippen molar-refractivity contribution in [1.29, 1.82) is 5.26 Å². The fraction of sp³-hybridized carbons (Fsp3) is 0.467. The second kappa shape index (κ2) is 6.80. The maximum absolute atomic E-state index is 11.0. The number of aliphatic carboxylic acids is 1. The Hall–Kier alpha value is -2.22. The summed E-state index contributed by atoms with van der Waals surface area (Å²) in [7, 11) is 0. The zero-order chi connectivity index (χ0) is 15.2. The lowest BCUT2D eigenvalue weighted by Gasteiger charge is -2.25. The molecule has 0 amide bonds. The van der Waals surface area contributed by atoms with Crippen molar-refractivity contribution in [2.45, 2.75) is 26.7 Å². The van der Waals surface area contributed by atoms with Crippen LogP contribution in [-0.4, -0.2) is 24.2 Å². The van der Waals surface area contributed by atoms with Gasteiger partial charge >= 0.3 is 5.97 Å². The summed E-state index contributed by atoms with van der Waals surface area (Å²) in [6.45, 7) is 4.23. The summed E-state index contributed by atoms with van der Waals surface area (Å²) < 4.78 is 0. The van der Waals surface area contributed by atoms with Gasteiger partial charge in [0, 0.05) is 6.54 Å². The summed E-state index contributed by atoms with van der Waals surface area (Å²) in [4.78, 5) is 12.7. The lowest BCUT2D eigenvalue weighted by atomic mass is 9.90. The Kier molecular flexibility index (Phi) is 5.39. The molecule has 0 aromatic heterocycles. The van der Waals surface area contributed by atoms with Crippen LogP contribution in [0.15, 0.2) is 24.3 Å². The molecular formula is C15H21N3O2. The van der Waals surface area contributed by atoms with Crippen LogP contribution in [0.25, 0.3) is 0 Å². The number of hydrogen-bond acceptors (Lipinski definition) is 4. The summed E-state index contributed by atoms with van der Waals surface area (Å²) in [6.07, 6.45) is 1.45. The normalized spacial score (nSPS) is 10.8. The Labute approximate surface area is 119 Å². The molecule has 1 rings (SSSR count). The van der Waals surface area contributed by atoms with Gasteiger partial charge in [-0.15, -0.1) is 0 Å². The highest BCUT2D eigenvalue weighted by Gasteiger charge is 2.18. The summed E-state index contributed by atoms with van der Waals surface area (Å²) in [5.41, 5.74) is 6.79. The fourth-order valence-corrected chi connectivity index (χ4v) is 1.99. The van der Waals surface area contributed by atoms with E-state index < -0.39 is 11.4 Å². The molecule has 0 saturated heterocycles. The molecule has 1 aromatic rings. The van der Waals surface area contributed by atoms with Crippen LogP contribution in [0.2, 0.25) is 0 Å². The van der Waals surface area contributed by atoms with Crippen LogP contribution in [0.4, 0.5) is 11.4 Å². The van der Waals surface area contributed by atoms with E-state index in [-0.39, 0.29) is 6.54 Å². The molecule has 20 heavy (non-hydrogen) atoms. The van der Waals surface area contributed by atoms with Crippen molar-refractivity contribution < 1.29 is 9.90 Å². The van der Waals surface area contributed by atoms with Crippen LogP contribution in [0.5, 0.6) is 0 Å². The Morgan fingerprint density at radius 2 is 2.10 bits per heavy atom. The highest BCUT2D eigenvalue weighted by Crippen LogP contribution is 2.25. The van der Waals surface area contributed by atoms with Crippen LogP contribution in [0.1, 0.15) is 26.7 Å². The molecule has 108 valence electrons. The molecule has 1 aromatic carbocycles. The van der Waals surface area contributed by atoms with Crippen LogP contribution < -0.4 is 10.6 Å². The second-order valence-electron chi connectivity index (χ2n) is 5.47. The molecule has 0 aliphatic carbocycles. The third-order valence-corrected chi connectivity index (χ3v) is 3.14. The summed E-state index contributed by atoms with van der Waals surface area (Å²) >= 11 is 0. The molecule has 0 aliphatic heterocycles. The fourth-order valence-electron chi connectivity index (χ4n) is 1.99. The van der Waals surface area contributed by atoms with Crippen LogP contribution in [-0.2, 0) is 4.79 Å². The Balaban J connectivity index is 2.74. The third kappa shape index (κ3) is 4.81. The molecule has 0 spiro atoms. The van der Waals surface area contributed by atoms with Crippen molar-refractivity contribution in [3.8, 4) is 6.07 Å². The minimum Gasteiger partial charge on any atom is -0.480 e. The van der Waals surface area contributed by atoms with Gasteiger partial charge in [-0.2, -0.15) is 5.26 Å². The van der Waals surface area contributed by atoms with Gasteiger partial charge in [0.25, 0.3) is 0 Å². The number of carboxylic acid groups (broad SMARTS) is 1. The monoisotopic (exact) mass is 275 g/mol. The molecule has 0 radical (unpaired) electrons. The summed E-state index contributed by atoms with van der Waals surface area (Å²) in [5, 5.41) is 18.0. The Bertz CT molecular complexity index is 506. The Morgan fingerprint density at radius 1 is 1.45 bits per heavy atom. The first kappa shape index (κ1) is 15.8. The largest absolute Gasteiger partial charge is 0.480 e. The molecule has 0 aliphatic rings. The molecule has 5 nitrogen and oxygen atoms in total. The molecule has 0 fully saturated rings. The van der Waals surface area contributed by atoms with Crippen LogP contribution in [0, 0.1) is 16.7 Å². The lowest BCUT2D eigenvalue weighted by Crippen LogP contribution is -2.31. The van der Waals surface area contributed by atoms with Gasteiger partial charge in [-0.25, -0.2) is 0 Å². The number of carbonyl (C=O) groups is 1. The molecule has 0 atom stereocenters. The first-order chi connectivity index (χ1) is 9.35. The topological polar surface area (TPSA) is 90.3 Å². The highest BCUT2D eigenvalue weighted by molar-refractivity contribution is 5.77. The van der Waals surface area contributed by atoms with Crippen molar-refractivity contribution >= 4 is 17.3 Å². The zero-order valence-electron chi connectivity index (χ0n) is 12.0. The predicted octanol–water partition coefficient (Wildman–Crippen LogP) is 2.49. The van der Waals surface area contributed by atoms with Crippen molar-refractivity contribution in [1.82, 2.24) is 0 Å². The van der Waals surface area contributed by atoms with Gasteiger partial charge in [-0.1, -0.05) is 12.1 Å². The van der Waals surface area contributed by atoms with Crippen LogP contribution in [0.3, 0.4) is 0 Å². The molecule has 5 heteroatoms. The molecule has 0 heterocycles. The molecule has 0 unspecified atom stereocenters. The zero-order valence-corrected chi connectivity index (χ0v) is 12.0. The molecular weight excluding hydrogens is 254 g/mol. The average molecular weight is 275 g/mol. The highest BCUT2D eigenvalue weighted by atomic mass is 16.4. The average Bonchev–Trinajstić information content (AvgIpc) is 2.37. The van der Waals surface area contributed by atoms with E-state index in [4.69, 9.17) is 16.1 Å². The van der Waals surface area contributed by atoms with Gasteiger partial charge in [0.15, 0.2) is 0 Å². The first-order valence-electron chi connectivity index (χ1n) is 6.58. The van der Waals surface area contributed by atoms with Gasteiger partial charge in [0.2, 0.25) is 0 Å². The minimum atomic E-state index is -0.896. The predicted molar refractivity (Wildman–Crippen MR) is 79.3 cm³/mol. The second-order valence-corrected chi connectivity index (χ2v) is 5.47.